The van der Waals surface area contributed by atoms with Crippen molar-refractivity contribution in [2.75, 3.05) is 0 Å². The highest BCUT2D eigenvalue weighted by Gasteiger charge is 2.12. The fourth-order valence-electron chi connectivity index (χ4n) is 1.27. The maximum atomic E-state index is 13.5. The second-order valence-corrected chi connectivity index (χ2v) is 3.25. The van der Waals surface area contributed by atoms with Crippen molar-refractivity contribution in [2.24, 2.45) is 0 Å². The molecule has 4 nitrogen and oxygen atoms in total. The SMILES string of the molecule is OCc1nncn1-c1c(F)cccc1Cl. The van der Waals surface area contributed by atoms with Crippen LogP contribution in [0.4, 0.5) is 4.39 Å². The molecule has 1 aromatic carbocycles. The number of nitrogens with zero attached hydrogens (tertiary/aromatic N) is 3. The highest BCUT2D eigenvalue weighted by molar-refractivity contribution is 6.32. The van der Waals surface area contributed by atoms with E-state index in [0.717, 1.165) is 0 Å². The Kier molecular flexibility index (Phi) is 2.66. The normalized spacial score (nSPS) is 10.6. The van der Waals surface area contributed by atoms with E-state index in [2.05, 4.69) is 10.2 Å². The smallest absolute Gasteiger partial charge is 0.163 e. The lowest BCUT2D eigenvalue weighted by atomic mass is 10.3. The number of benzene rings is 1. The average Bonchev–Trinajstić information content (AvgIpc) is 2.65. The van der Waals surface area contributed by atoms with Crippen LogP contribution in [0.15, 0.2) is 24.5 Å². The number of aromatic nitrogens is 3. The van der Waals surface area contributed by atoms with E-state index in [4.69, 9.17) is 16.7 Å². The molecule has 15 heavy (non-hydrogen) atoms. The molecule has 0 aliphatic heterocycles. The first-order valence-corrected chi connectivity index (χ1v) is 4.56. The van der Waals surface area contributed by atoms with Gasteiger partial charge in [-0.1, -0.05) is 17.7 Å². The summed E-state index contributed by atoms with van der Waals surface area (Å²) in [5, 5.41) is 16.4. The standard InChI is InChI=1S/C9H7ClFN3O/c10-6-2-1-3-7(11)9(6)14-5-12-13-8(14)4-15/h1-3,5,15H,4H2. The average molecular weight is 228 g/mol. The van der Waals surface area contributed by atoms with Gasteiger partial charge in [0.1, 0.15) is 24.4 Å². The summed E-state index contributed by atoms with van der Waals surface area (Å²) >= 11 is 5.85. The number of aliphatic hydroxyl groups excluding tert-OH is 1. The van der Waals surface area contributed by atoms with E-state index >= 15 is 0 Å². The van der Waals surface area contributed by atoms with Crippen LogP contribution in [0.25, 0.3) is 5.69 Å². The Balaban J connectivity index is 2.63. The molecule has 2 aromatic rings. The van der Waals surface area contributed by atoms with Crippen LogP contribution in [-0.2, 0) is 6.61 Å². The molecule has 0 amide bonds. The van der Waals surface area contributed by atoms with Crippen LogP contribution in [0.2, 0.25) is 5.02 Å². The Hall–Kier alpha value is -1.46. The number of hydrogen-bond donors (Lipinski definition) is 1. The van der Waals surface area contributed by atoms with E-state index in [9.17, 15) is 4.39 Å². The lowest BCUT2D eigenvalue weighted by molar-refractivity contribution is 0.268. The summed E-state index contributed by atoms with van der Waals surface area (Å²) in [5.74, 6) is -0.251. The van der Waals surface area contributed by atoms with Gasteiger partial charge in [0.2, 0.25) is 0 Å². The quantitative estimate of drug-likeness (QED) is 0.847. The lowest BCUT2D eigenvalue weighted by Crippen LogP contribution is -2.03. The molecule has 0 unspecified atom stereocenters. The van der Waals surface area contributed by atoms with Crippen molar-refractivity contribution >= 4 is 11.6 Å². The fraction of sp³-hybridized carbons (Fsp3) is 0.111. The largest absolute Gasteiger partial charge is 0.388 e. The molecule has 1 aromatic heterocycles. The Morgan fingerprint density at radius 2 is 2.27 bits per heavy atom. The summed E-state index contributed by atoms with van der Waals surface area (Å²) in [5.41, 5.74) is 0.146. The van der Waals surface area contributed by atoms with E-state index in [-0.39, 0.29) is 23.1 Å². The van der Waals surface area contributed by atoms with Crippen LogP contribution in [0.5, 0.6) is 0 Å². The molecule has 6 heteroatoms. The molecule has 0 aliphatic rings. The molecule has 0 radical (unpaired) electrons. The summed E-state index contributed by atoms with van der Waals surface area (Å²) < 4.78 is 14.8. The van der Waals surface area contributed by atoms with E-state index < -0.39 is 5.82 Å². The third-order valence-corrected chi connectivity index (χ3v) is 2.24. The predicted octanol–water partition coefficient (Wildman–Crippen LogP) is 1.55. The molecular formula is C9H7ClFN3O. The monoisotopic (exact) mass is 227 g/mol. The minimum atomic E-state index is -0.489. The van der Waals surface area contributed by atoms with Crippen molar-refractivity contribution in [3.8, 4) is 5.69 Å². The minimum Gasteiger partial charge on any atom is -0.388 e. The first kappa shape index (κ1) is 10.1. The van der Waals surface area contributed by atoms with Crippen LogP contribution in [0.3, 0.4) is 0 Å². The highest BCUT2D eigenvalue weighted by Crippen LogP contribution is 2.23. The number of para-hydroxylation sites is 1. The second kappa shape index (κ2) is 3.96. The molecule has 78 valence electrons. The molecular weight excluding hydrogens is 221 g/mol. The van der Waals surface area contributed by atoms with Crippen molar-refractivity contribution in [3.05, 3.63) is 41.2 Å². The summed E-state index contributed by atoms with van der Waals surface area (Å²) in [6.45, 7) is -0.329. The van der Waals surface area contributed by atoms with Gasteiger partial charge in [0, 0.05) is 0 Å². The Morgan fingerprint density at radius 1 is 1.47 bits per heavy atom. The van der Waals surface area contributed by atoms with Crippen molar-refractivity contribution in [1.82, 2.24) is 14.8 Å². The van der Waals surface area contributed by atoms with Crippen molar-refractivity contribution < 1.29 is 9.50 Å². The van der Waals surface area contributed by atoms with Gasteiger partial charge in [-0.3, -0.25) is 4.57 Å². The fourth-order valence-corrected chi connectivity index (χ4v) is 1.53. The zero-order valence-electron chi connectivity index (χ0n) is 7.56. The maximum absolute atomic E-state index is 13.5. The van der Waals surface area contributed by atoms with Gasteiger partial charge < -0.3 is 5.11 Å². The molecule has 0 atom stereocenters. The number of aliphatic hydroxyl groups is 1. The van der Waals surface area contributed by atoms with Gasteiger partial charge in [-0.25, -0.2) is 4.39 Å². The first-order valence-electron chi connectivity index (χ1n) is 4.18. The van der Waals surface area contributed by atoms with Crippen LogP contribution >= 0.6 is 11.6 Å². The van der Waals surface area contributed by atoms with E-state index in [1.807, 2.05) is 0 Å². The summed E-state index contributed by atoms with van der Waals surface area (Å²) in [4.78, 5) is 0. The molecule has 0 bridgehead atoms. The summed E-state index contributed by atoms with van der Waals surface area (Å²) in [7, 11) is 0. The van der Waals surface area contributed by atoms with Crippen LogP contribution in [0.1, 0.15) is 5.82 Å². The van der Waals surface area contributed by atoms with Crippen LogP contribution < -0.4 is 0 Å². The third-order valence-electron chi connectivity index (χ3n) is 1.94. The van der Waals surface area contributed by atoms with Gasteiger partial charge in [-0.05, 0) is 12.1 Å². The zero-order valence-corrected chi connectivity index (χ0v) is 8.32. The second-order valence-electron chi connectivity index (χ2n) is 2.85. The zero-order chi connectivity index (χ0) is 10.8. The molecule has 1 N–H and O–H groups in total. The first-order chi connectivity index (χ1) is 7.24. The van der Waals surface area contributed by atoms with Crippen molar-refractivity contribution in [2.45, 2.75) is 6.61 Å². The van der Waals surface area contributed by atoms with Gasteiger partial charge in [0.05, 0.1) is 5.02 Å². The highest BCUT2D eigenvalue weighted by atomic mass is 35.5. The molecule has 0 spiro atoms. The lowest BCUT2D eigenvalue weighted by Gasteiger charge is -2.07. The molecule has 0 aliphatic carbocycles. The maximum Gasteiger partial charge on any atom is 0.163 e. The van der Waals surface area contributed by atoms with Crippen LogP contribution in [0, 0.1) is 5.82 Å². The van der Waals surface area contributed by atoms with E-state index in [1.54, 1.807) is 6.07 Å². The van der Waals surface area contributed by atoms with Gasteiger partial charge >= 0.3 is 0 Å². The Labute approximate surface area is 89.9 Å². The molecule has 0 saturated carbocycles. The molecule has 0 fully saturated rings. The minimum absolute atomic E-state index is 0.146. The van der Waals surface area contributed by atoms with E-state index in [0.29, 0.717) is 0 Å². The predicted molar refractivity (Wildman–Crippen MR) is 52.2 cm³/mol. The molecule has 1 heterocycles. The number of halogens is 2. The third kappa shape index (κ3) is 1.71. The Morgan fingerprint density at radius 3 is 2.93 bits per heavy atom. The summed E-state index contributed by atoms with van der Waals surface area (Å²) in [6.07, 6.45) is 1.30. The molecule has 2 rings (SSSR count). The summed E-state index contributed by atoms with van der Waals surface area (Å²) in [6, 6.07) is 4.34. The van der Waals surface area contributed by atoms with Gasteiger partial charge in [-0.15, -0.1) is 10.2 Å². The topological polar surface area (TPSA) is 50.9 Å². The Bertz CT molecular complexity index is 466. The van der Waals surface area contributed by atoms with E-state index in [1.165, 1.54) is 23.0 Å². The number of rotatable bonds is 2. The van der Waals surface area contributed by atoms with Crippen molar-refractivity contribution in [3.63, 3.8) is 0 Å². The molecule has 0 saturated heterocycles. The van der Waals surface area contributed by atoms with Crippen LogP contribution in [-0.4, -0.2) is 19.9 Å². The number of hydrogen-bond acceptors (Lipinski definition) is 3. The van der Waals surface area contributed by atoms with Gasteiger partial charge in [-0.2, -0.15) is 0 Å². The van der Waals surface area contributed by atoms with Gasteiger partial charge in [0.15, 0.2) is 5.82 Å². The van der Waals surface area contributed by atoms with Gasteiger partial charge in [0.25, 0.3) is 0 Å². The van der Waals surface area contributed by atoms with Crippen molar-refractivity contribution in [1.29, 1.82) is 0 Å².